The van der Waals surface area contributed by atoms with E-state index in [0.717, 1.165) is 44.3 Å². The predicted molar refractivity (Wildman–Crippen MR) is 107 cm³/mol. The summed E-state index contributed by atoms with van der Waals surface area (Å²) in [4.78, 5) is 32.3. The molecule has 2 amide bonds. The fourth-order valence-corrected chi connectivity index (χ4v) is 5.21. The highest BCUT2D eigenvalue weighted by atomic mass is 16.2. The number of likely N-dealkylation sites (N-methyl/N-ethyl adjacent to an activating group) is 1. The molecule has 3 fully saturated rings. The monoisotopic (exact) mass is 369 g/mol. The number of carbonyl (C=O) groups excluding carboxylic acids is 2. The first kappa shape index (κ1) is 18.3. The van der Waals surface area contributed by atoms with E-state index in [9.17, 15) is 9.59 Å². The molecular weight excluding hydrogens is 338 g/mol. The van der Waals surface area contributed by atoms with Crippen molar-refractivity contribution in [2.45, 2.75) is 51.0 Å². The second kappa shape index (κ2) is 7.53. The zero-order chi connectivity index (χ0) is 18.9. The summed E-state index contributed by atoms with van der Waals surface area (Å²) in [5, 5.41) is 0. The summed E-state index contributed by atoms with van der Waals surface area (Å²) in [5.41, 5.74) is 0.725. The minimum Gasteiger partial charge on any atom is -0.365 e. The van der Waals surface area contributed by atoms with Gasteiger partial charge < -0.3 is 14.7 Å². The summed E-state index contributed by atoms with van der Waals surface area (Å²) in [7, 11) is 1.95. The third-order valence-electron chi connectivity index (χ3n) is 6.81. The van der Waals surface area contributed by atoms with Crippen LogP contribution in [0.25, 0.3) is 0 Å². The van der Waals surface area contributed by atoms with Crippen LogP contribution in [-0.4, -0.2) is 60.9 Å². The molecule has 0 radical (unpaired) electrons. The Labute approximate surface area is 162 Å². The molecule has 4 rings (SSSR count). The van der Waals surface area contributed by atoms with E-state index in [2.05, 4.69) is 4.90 Å². The second-order valence-corrected chi connectivity index (χ2v) is 8.58. The van der Waals surface area contributed by atoms with Crippen LogP contribution in [0.3, 0.4) is 0 Å². The van der Waals surface area contributed by atoms with E-state index in [4.69, 9.17) is 0 Å². The number of benzene rings is 1. The lowest BCUT2D eigenvalue weighted by Crippen LogP contribution is -2.53. The summed E-state index contributed by atoms with van der Waals surface area (Å²) >= 11 is 0. The average molecular weight is 370 g/mol. The van der Waals surface area contributed by atoms with E-state index in [-0.39, 0.29) is 11.3 Å². The second-order valence-electron chi connectivity index (χ2n) is 8.58. The first-order chi connectivity index (χ1) is 13.1. The van der Waals surface area contributed by atoms with Crippen LogP contribution in [0, 0.1) is 5.41 Å². The summed E-state index contributed by atoms with van der Waals surface area (Å²) in [6, 6.07) is 10.4. The number of anilines is 1. The van der Waals surface area contributed by atoms with Crippen molar-refractivity contribution < 1.29 is 9.59 Å². The van der Waals surface area contributed by atoms with Crippen LogP contribution in [-0.2, 0) is 9.59 Å². The molecule has 3 aliphatic rings. The number of para-hydroxylation sites is 1. The molecular formula is C22H31N3O2. The lowest BCUT2D eigenvalue weighted by atomic mass is 9.77. The predicted octanol–water partition coefficient (Wildman–Crippen LogP) is 2.91. The molecule has 1 aromatic rings. The normalized spacial score (nSPS) is 26.2. The first-order valence-electron chi connectivity index (χ1n) is 10.4. The Morgan fingerprint density at radius 2 is 1.85 bits per heavy atom. The Bertz CT molecular complexity index is 686. The molecule has 146 valence electrons. The Hall–Kier alpha value is -2.04. The minimum absolute atomic E-state index is 0.129. The summed E-state index contributed by atoms with van der Waals surface area (Å²) < 4.78 is 0. The van der Waals surface area contributed by atoms with Crippen LogP contribution in [0.2, 0.25) is 0 Å². The molecule has 5 heteroatoms. The number of hydrogen-bond donors (Lipinski definition) is 0. The molecule has 5 nitrogen and oxygen atoms in total. The molecule has 2 heterocycles. The van der Waals surface area contributed by atoms with E-state index < -0.39 is 0 Å². The zero-order valence-corrected chi connectivity index (χ0v) is 16.4. The van der Waals surface area contributed by atoms with Crippen molar-refractivity contribution in [3.8, 4) is 0 Å². The summed E-state index contributed by atoms with van der Waals surface area (Å²) in [6.07, 6.45) is 7.66. The van der Waals surface area contributed by atoms with Crippen molar-refractivity contribution in [2.24, 2.45) is 5.41 Å². The molecule has 0 bridgehead atoms. The first-order valence-corrected chi connectivity index (χ1v) is 10.4. The van der Waals surface area contributed by atoms with Gasteiger partial charge in [0.2, 0.25) is 11.8 Å². The van der Waals surface area contributed by atoms with Crippen LogP contribution >= 0.6 is 0 Å². The number of rotatable bonds is 4. The van der Waals surface area contributed by atoms with Crippen LogP contribution in [0.1, 0.15) is 44.9 Å². The smallest absolute Gasteiger partial charge is 0.242 e. The van der Waals surface area contributed by atoms with E-state index in [1.807, 2.05) is 47.2 Å². The van der Waals surface area contributed by atoms with Crippen LogP contribution < -0.4 is 4.90 Å². The molecule has 2 aliphatic heterocycles. The lowest BCUT2D eigenvalue weighted by Gasteiger charge is -2.42. The summed E-state index contributed by atoms with van der Waals surface area (Å²) in [5.74, 6) is 0.455. The maximum absolute atomic E-state index is 13.3. The molecule has 1 aromatic carbocycles. The van der Waals surface area contributed by atoms with Crippen molar-refractivity contribution in [1.29, 1.82) is 0 Å². The molecule has 1 saturated carbocycles. The number of hydrogen-bond acceptors (Lipinski definition) is 3. The maximum atomic E-state index is 13.3. The Balaban J connectivity index is 1.39. The number of amides is 2. The summed E-state index contributed by atoms with van der Waals surface area (Å²) in [6.45, 7) is 2.60. The fraction of sp³-hybridized carbons (Fsp3) is 0.636. The Morgan fingerprint density at radius 3 is 2.59 bits per heavy atom. The topological polar surface area (TPSA) is 43.9 Å². The van der Waals surface area contributed by atoms with Gasteiger partial charge in [0.1, 0.15) is 0 Å². The third-order valence-corrected chi connectivity index (χ3v) is 6.81. The fourth-order valence-electron chi connectivity index (χ4n) is 5.21. The van der Waals surface area contributed by atoms with Gasteiger partial charge in [-0.15, -0.1) is 0 Å². The van der Waals surface area contributed by atoms with Gasteiger partial charge in [0.25, 0.3) is 0 Å². The van der Waals surface area contributed by atoms with Gasteiger partial charge in [-0.3, -0.25) is 9.59 Å². The van der Waals surface area contributed by atoms with Gasteiger partial charge in [-0.1, -0.05) is 31.0 Å². The third kappa shape index (κ3) is 3.56. The molecule has 2 saturated heterocycles. The molecule has 27 heavy (non-hydrogen) atoms. The largest absolute Gasteiger partial charge is 0.365 e. The number of piperidine rings is 1. The van der Waals surface area contributed by atoms with Gasteiger partial charge in [-0.05, 0) is 44.2 Å². The van der Waals surface area contributed by atoms with Gasteiger partial charge in [-0.2, -0.15) is 0 Å². The highest BCUT2D eigenvalue weighted by Crippen LogP contribution is 2.42. The van der Waals surface area contributed by atoms with Gasteiger partial charge in [0.05, 0.1) is 12.0 Å². The van der Waals surface area contributed by atoms with Crippen molar-refractivity contribution in [2.75, 3.05) is 38.1 Å². The van der Waals surface area contributed by atoms with Crippen LogP contribution in [0.5, 0.6) is 0 Å². The van der Waals surface area contributed by atoms with E-state index in [1.54, 1.807) is 0 Å². The molecule has 0 unspecified atom stereocenters. The highest BCUT2D eigenvalue weighted by Gasteiger charge is 2.50. The van der Waals surface area contributed by atoms with E-state index >= 15 is 0 Å². The van der Waals surface area contributed by atoms with Crippen LogP contribution in [0.15, 0.2) is 30.3 Å². The van der Waals surface area contributed by atoms with Gasteiger partial charge in [0, 0.05) is 38.4 Å². The molecule has 1 atom stereocenters. The van der Waals surface area contributed by atoms with E-state index in [1.165, 1.54) is 12.8 Å². The maximum Gasteiger partial charge on any atom is 0.242 e. The van der Waals surface area contributed by atoms with Crippen molar-refractivity contribution in [3.63, 3.8) is 0 Å². The highest BCUT2D eigenvalue weighted by molar-refractivity contribution is 5.87. The number of carbonyl (C=O) groups is 2. The zero-order valence-electron chi connectivity index (χ0n) is 16.4. The quantitative estimate of drug-likeness (QED) is 0.820. The van der Waals surface area contributed by atoms with Gasteiger partial charge in [-0.25, -0.2) is 0 Å². The van der Waals surface area contributed by atoms with Crippen molar-refractivity contribution in [1.82, 2.24) is 9.80 Å². The van der Waals surface area contributed by atoms with Crippen LogP contribution in [0.4, 0.5) is 5.69 Å². The molecule has 1 spiro atoms. The SMILES string of the molecule is CN(CC(=O)N1CC[C@]2(CCCN(C3CCCC3)C2=O)C1)c1ccccc1. The Kier molecular flexibility index (Phi) is 5.11. The van der Waals surface area contributed by atoms with Gasteiger partial charge in [0.15, 0.2) is 0 Å². The lowest BCUT2D eigenvalue weighted by molar-refractivity contribution is -0.148. The van der Waals surface area contributed by atoms with E-state index in [0.29, 0.717) is 31.6 Å². The Morgan fingerprint density at radius 1 is 1.11 bits per heavy atom. The van der Waals surface area contributed by atoms with Crippen molar-refractivity contribution >= 4 is 17.5 Å². The standard InChI is InChI=1S/C22H31N3O2/c1-23(18-8-3-2-4-9-18)16-20(26)24-15-13-22(17-24)12-7-14-25(21(22)27)19-10-5-6-11-19/h2-4,8-9,19H,5-7,10-17H2,1H3/t22-/m1/s1. The number of nitrogens with zero attached hydrogens (tertiary/aromatic N) is 3. The average Bonchev–Trinajstić information content (AvgIpc) is 3.36. The minimum atomic E-state index is -0.318. The number of likely N-dealkylation sites (tertiary alicyclic amines) is 2. The van der Waals surface area contributed by atoms with Gasteiger partial charge >= 0.3 is 0 Å². The molecule has 0 N–H and O–H groups in total. The van der Waals surface area contributed by atoms with Crippen molar-refractivity contribution in [3.05, 3.63) is 30.3 Å². The molecule has 0 aromatic heterocycles. The molecule has 1 aliphatic carbocycles.